The van der Waals surface area contributed by atoms with Gasteiger partial charge >= 0.3 is 0 Å². The van der Waals surface area contributed by atoms with Gasteiger partial charge in [-0.05, 0) is 31.7 Å². The average molecular weight is 180 g/mol. The number of alkyl halides is 1. The number of hydrogen-bond acceptors (Lipinski definition) is 0. The monoisotopic (exact) mass is 180 g/mol. The van der Waals surface area contributed by atoms with Gasteiger partial charge in [0.1, 0.15) is 5.67 Å². The molecule has 0 aliphatic carbocycles. The Labute approximate surface area is 79.8 Å². The minimum absolute atomic E-state index is 0.597. The summed E-state index contributed by atoms with van der Waals surface area (Å²) in [6.07, 6.45) is 2.05. The van der Waals surface area contributed by atoms with Crippen LogP contribution in [0.25, 0.3) is 0 Å². The van der Waals surface area contributed by atoms with E-state index in [1.54, 1.807) is 6.92 Å². The van der Waals surface area contributed by atoms with Gasteiger partial charge in [-0.25, -0.2) is 4.39 Å². The van der Waals surface area contributed by atoms with Crippen molar-refractivity contribution in [2.45, 2.75) is 38.8 Å². The molecule has 0 fully saturated rings. The third-order valence-corrected chi connectivity index (χ3v) is 2.51. The summed E-state index contributed by atoms with van der Waals surface area (Å²) in [7, 11) is 0. The molecule has 1 heteroatoms. The van der Waals surface area contributed by atoms with E-state index in [9.17, 15) is 4.39 Å². The maximum atomic E-state index is 13.5. The maximum absolute atomic E-state index is 13.5. The van der Waals surface area contributed by atoms with Crippen LogP contribution in [0.1, 0.15) is 32.3 Å². The highest BCUT2D eigenvalue weighted by Crippen LogP contribution is 2.21. The predicted molar refractivity (Wildman–Crippen MR) is 54.6 cm³/mol. The topological polar surface area (TPSA) is 0 Å². The smallest absolute Gasteiger partial charge is 0.108 e. The maximum Gasteiger partial charge on any atom is 0.108 e. The zero-order chi connectivity index (χ0) is 9.73. The summed E-state index contributed by atoms with van der Waals surface area (Å²) in [4.78, 5) is 0. The molecule has 0 radical (unpaired) electrons. The minimum atomic E-state index is -1.00. The SMILES string of the molecule is CC[C@@](C)(F)CCc1ccccc1. The molecule has 0 aromatic heterocycles. The minimum Gasteiger partial charge on any atom is -0.244 e. The van der Waals surface area contributed by atoms with Gasteiger partial charge in [0, 0.05) is 0 Å². The molecule has 0 heterocycles. The highest BCUT2D eigenvalue weighted by atomic mass is 19.1. The molecule has 72 valence electrons. The largest absolute Gasteiger partial charge is 0.244 e. The first-order chi connectivity index (χ1) is 6.14. The van der Waals surface area contributed by atoms with Crippen LogP contribution < -0.4 is 0 Å². The van der Waals surface area contributed by atoms with Gasteiger partial charge in [-0.1, -0.05) is 37.3 Å². The van der Waals surface area contributed by atoms with E-state index in [4.69, 9.17) is 0 Å². The van der Waals surface area contributed by atoms with E-state index in [1.165, 1.54) is 5.56 Å². The second kappa shape index (κ2) is 4.40. The highest BCUT2D eigenvalue weighted by molar-refractivity contribution is 5.14. The van der Waals surface area contributed by atoms with Crippen molar-refractivity contribution in [3.8, 4) is 0 Å². The van der Waals surface area contributed by atoms with E-state index >= 15 is 0 Å². The molecule has 1 atom stereocenters. The Morgan fingerprint density at radius 1 is 1.23 bits per heavy atom. The second-order valence-corrected chi connectivity index (χ2v) is 3.75. The Morgan fingerprint density at radius 2 is 1.85 bits per heavy atom. The third kappa shape index (κ3) is 3.58. The fourth-order valence-corrected chi connectivity index (χ4v) is 1.23. The van der Waals surface area contributed by atoms with Crippen LogP contribution in [-0.2, 0) is 6.42 Å². The molecule has 0 aliphatic rings. The Morgan fingerprint density at radius 3 is 2.38 bits per heavy atom. The van der Waals surface area contributed by atoms with Crippen molar-refractivity contribution in [2.75, 3.05) is 0 Å². The van der Waals surface area contributed by atoms with Gasteiger partial charge in [-0.3, -0.25) is 0 Å². The average Bonchev–Trinajstić information content (AvgIpc) is 2.17. The van der Waals surface area contributed by atoms with Gasteiger partial charge in [-0.2, -0.15) is 0 Å². The first-order valence-corrected chi connectivity index (χ1v) is 4.87. The number of benzene rings is 1. The normalized spacial score (nSPS) is 15.3. The second-order valence-electron chi connectivity index (χ2n) is 3.75. The molecule has 0 nitrogen and oxygen atoms in total. The summed E-state index contributed by atoms with van der Waals surface area (Å²) in [5.41, 5.74) is 0.218. The summed E-state index contributed by atoms with van der Waals surface area (Å²) >= 11 is 0. The van der Waals surface area contributed by atoms with Gasteiger partial charge in [0.15, 0.2) is 0 Å². The molecule has 0 N–H and O–H groups in total. The first kappa shape index (κ1) is 10.2. The molecule has 1 aromatic rings. The van der Waals surface area contributed by atoms with Crippen LogP contribution in [0, 0.1) is 0 Å². The van der Waals surface area contributed by atoms with Gasteiger partial charge in [0.05, 0.1) is 0 Å². The first-order valence-electron chi connectivity index (χ1n) is 4.87. The summed E-state index contributed by atoms with van der Waals surface area (Å²) in [6.45, 7) is 3.57. The Kier molecular flexibility index (Phi) is 3.47. The molecular formula is C12H17F. The van der Waals surface area contributed by atoms with Crippen molar-refractivity contribution in [1.82, 2.24) is 0 Å². The number of hydrogen-bond donors (Lipinski definition) is 0. The van der Waals surface area contributed by atoms with Crippen LogP contribution in [0.2, 0.25) is 0 Å². The lowest BCUT2D eigenvalue weighted by Crippen LogP contribution is -2.16. The van der Waals surface area contributed by atoms with Crippen molar-refractivity contribution in [3.63, 3.8) is 0 Å². The molecule has 1 rings (SSSR count). The predicted octanol–water partition coefficient (Wildman–Crippen LogP) is 3.76. The summed E-state index contributed by atoms with van der Waals surface area (Å²) in [5.74, 6) is 0. The van der Waals surface area contributed by atoms with Crippen molar-refractivity contribution in [1.29, 1.82) is 0 Å². The van der Waals surface area contributed by atoms with Crippen molar-refractivity contribution >= 4 is 0 Å². The van der Waals surface area contributed by atoms with Gasteiger partial charge in [0.2, 0.25) is 0 Å². The quantitative estimate of drug-likeness (QED) is 0.662. The van der Waals surface area contributed by atoms with E-state index in [0.717, 1.165) is 6.42 Å². The number of rotatable bonds is 4. The third-order valence-electron chi connectivity index (χ3n) is 2.51. The molecule has 0 saturated heterocycles. The van der Waals surface area contributed by atoms with Gasteiger partial charge in [-0.15, -0.1) is 0 Å². The van der Waals surface area contributed by atoms with Crippen LogP contribution in [0.15, 0.2) is 30.3 Å². The van der Waals surface area contributed by atoms with Gasteiger partial charge in [0.25, 0.3) is 0 Å². The van der Waals surface area contributed by atoms with Crippen LogP contribution >= 0.6 is 0 Å². The van der Waals surface area contributed by atoms with E-state index in [2.05, 4.69) is 0 Å². The van der Waals surface area contributed by atoms with Crippen LogP contribution in [0.3, 0.4) is 0 Å². The Hall–Kier alpha value is -0.850. The molecule has 0 saturated carbocycles. The lowest BCUT2D eigenvalue weighted by molar-refractivity contribution is 0.169. The molecule has 0 spiro atoms. The standard InChI is InChI=1S/C12H17F/c1-3-12(2,13)10-9-11-7-5-4-6-8-11/h4-8H,3,9-10H2,1-2H3/t12-/m1/s1. The van der Waals surface area contributed by atoms with E-state index in [-0.39, 0.29) is 0 Å². The van der Waals surface area contributed by atoms with Crippen molar-refractivity contribution < 1.29 is 4.39 Å². The van der Waals surface area contributed by atoms with Crippen molar-refractivity contribution in [3.05, 3.63) is 35.9 Å². The molecular weight excluding hydrogens is 163 g/mol. The van der Waals surface area contributed by atoms with Crippen LogP contribution in [0.5, 0.6) is 0 Å². The zero-order valence-electron chi connectivity index (χ0n) is 8.39. The number of halogens is 1. The molecule has 0 bridgehead atoms. The van der Waals surface area contributed by atoms with Crippen LogP contribution in [0.4, 0.5) is 4.39 Å². The van der Waals surface area contributed by atoms with Gasteiger partial charge < -0.3 is 0 Å². The van der Waals surface area contributed by atoms with E-state index in [0.29, 0.717) is 12.8 Å². The molecule has 0 unspecified atom stereocenters. The lowest BCUT2D eigenvalue weighted by Gasteiger charge is -2.17. The number of aryl methyl sites for hydroxylation is 1. The van der Waals surface area contributed by atoms with E-state index < -0.39 is 5.67 Å². The Bertz CT molecular complexity index is 239. The van der Waals surface area contributed by atoms with E-state index in [1.807, 2.05) is 37.3 Å². The highest BCUT2D eigenvalue weighted by Gasteiger charge is 2.19. The Balaban J connectivity index is 2.44. The molecule has 13 heavy (non-hydrogen) atoms. The molecule has 1 aromatic carbocycles. The van der Waals surface area contributed by atoms with Crippen LogP contribution in [-0.4, -0.2) is 5.67 Å². The molecule has 0 amide bonds. The fourth-order valence-electron chi connectivity index (χ4n) is 1.23. The summed E-state index contributed by atoms with van der Waals surface area (Å²) in [5, 5.41) is 0. The lowest BCUT2D eigenvalue weighted by atomic mass is 9.96. The zero-order valence-corrected chi connectivity index (χ0v) is 8.39. The summed E-state index contributed by atoms with van der Waals surface area (Å²) in [6, 6.07) is 10.1. The van der Waals surface area contributed by atoms with Crippen molar-refractivity contribution in [2.24, 2.45) is 0 Å². The molecule has 0 aliphatic heterocycles. The fraction of sp³-hybridized carbons (Fsp3) is 0.500. The summed E-state index contributed by atoms with van der Waals surface area (Å²) < 4.78 is 13.5.